The molecule has 0 bridgehead atoms. The van der Waals surface area contributed by atoms with Crippen molar-refractivity contribution in [2.45, 2.75) is 6.54 Å². The van der Waals surface area contributed by atoms with Gasteiger partial charge in [0.1, 0.15) is 12.1 Å². The second kappa shape index (κ2) is 5.07. The number of hydrogen-bond donors (Lipinski definition) is 0. The van der Waals surface area contributed by atoms with Gasteiger partial charge in [-0.15, -0.1) is 0 Å². The van der Waals surface area contributed by atoms with Crippen LogP contribution in [0, 0.1) is 0 Å². The fourth-order valence-electron chi connectivity index (χ4n) is 1.52. The van der Waals surface area contributed by atoms with Crippen molar-refractivity contribution in [2.75, 3.05) is 11.9 Å². The molecule has 0 amide bonds. The molecule has 0 aliphatic rings. The summed E-state index contributed by atoms with van der Waals surface area (Å²) in [5.74, 6) is 0.902. The molecule has 0 atom stereocenters. The predicted molar refractivity (Wildman–Crippen MR) is 68.3 cm³/mol. The van der Waals surface area contributed by atoms with Crippen LogP contribution in [0.1, 0.15) is 5.56 Å². The first kappa shape index (κ1) is 11.1. The summed E-state index contributed by atoms with van der Waals surface area (Å²) in [4.78, 5) is 10.3. The van der Waals surface area contributed by atoms with Crippen molar-refractivity contribution in [3.8, 4) is 0 Å². The van der Waals surface area contributed by atoms with Crippen LogP contribution >= 0.6 is 15.9 Å². The number of benzene rings is 1. The highest BCUT2D eigenvalue weighted by atomic mass is 79.9. The molecule has 0 unspecified atom stereocenters. The van der Waals surface area contributed by atoms with Crippen molar-refractivity contribution in [1.82, 2.24) is 9.97 Å². The SMILES string of the molecule is CN(Cc1ccccc1)c1ncncc1Br. The molecule has 0 aliphatic carbocycles. The van der Waals surface area contributed by atoms with Crippen molar-refractivity contribution in [1.29, 1.82) is 0 Å². The lowest BCUT2D eigenvalue weighted by atomic mass is 10.2. The van der Waals surface area contributed by atoms with Gasteiger partial charge < -0.3 is 4.90 Å². The summed E-state index contributed by atoms with van der Waals surface area (Å²) in [5.41, 5.74) is 1.26. The van der Waals surface area contributed by atoms with E-state index in [1.165, 1.54) is 5.56 Å². The van der Waals surface area contributed by atoms with Crippen molar-refractivity contribution in [2.24, 2.45) is 0 Å². The van der Waals surface area contributed by atoms with Gasteiger partial charge in [-0.1, -0.05) is 30.3 Å². The van der Waals surface area contributed by atoms with E-state index in [4.69, 9.17) is 0 Å². The predicted octanol–water partition coefficient (Wildman–Crippen LogP) is 2.88. The zero-order valence-corrected chi connectivity index (χ0v) is 10.6. The molecule has 0 spiro atoms. The maximum Gasteiger partial charge on any atom is 0.146 e. The third kappa shape index (κ3) is 2.58. The maximum absolute atomic E-state index is 4.24. The maximum atomic E-state index is 4.24. The Morgan fingerprint density at radius 2 is 2.00 bits per heavy atom. The van der Waals surface area contributed by atoms with Gasteiger partial charge >= 0.3 is 0 Å². The topological polar surface area (TPSA) is 29.0 Å². The standard InChI is InChI=1S/C12H12BrN3/c1-16(8-10-5-3-2-4-6-10)12-11(13)7-14-9-15-12/h2-7,9H,8H2,1H3. The smallest absolute Gasteiger partial charge is 0.146 e. The Morgan fingerprint density at radius 1 is 1.25 bits per heavy atom. The molecule has 16 heavy (non-hydrogen) atoms. The molecule has 0 saturated heterocycles. The minimum atomic E-state index is 0.830. The highest BCUT2D eigenvalue weighted by Crippen LogP contribution is 2.21. The molecule has 4 heteroatoms. The number of hydrogen-bond acceptors (Lipinski definition) is 3. The summed E-state index contributed by atoms with van der Waals surface area (Å²) in [6, 6.07) is 10.3. The van der Waals surface area contributed by atoms with Crippen molar-refractivity contribution in [3.05, 3.63) is 52.9 Å². The van der Waals surface area contributed by atoms with Crippen LogP contribution in [0.25, 0.3) is 0 Å². The van der Waals surface area contributed by atoms with Gasteiger partial charge in [-0.25, -0.2) is 9.97 Å². The third-order valence-electron chi connectivity index (χ3n) is 2.27. The Labute approximate surface area is 103 Å². The third-order valence-corrected chi connectivity index (χ3v) is 2.83. The summed E-state index contributed by atoms with van der Waals surface area (Å²) in [6.07, 6.45) is 3.31. The van der Waals surface area contributed by atoms with Gasteiger partial charge in [0.05, 0.1) is 4.47 Å². The second-order valence-corrected chi connectivity index (χ2v) is 4.39. The summed E-state index contributed by atoms with van der Waals surface area (Å²) < 4.78 is 0.911. The Morgan fingerprint density at radius 3 is 2.69 bits per heavy atom. The van der Waals surface area contributed by atoms with E-state index in [0.717, 1.165) is 16.8 Å². The molecule has 0 aliphatic heterocycles. The van der Waals surface area contributed by atoms with Gasteiger partial charge in [-0.2, -0.15) is 0 Å². The van der Waals surface area contributed by atoms with Crippen LogP contribution in [0.2, 0.25) is 0 Å². The molecule has 0 N–H and O–H groups in total. The summed E-state index contributed by atoms with van der Waals surface area (Å²) in [6.45, 7) is 0.830. The fourth-order valence-corrected chi connectivity index (χ4v) is 2.04. The second-order valence-electron chi connectivity index (χ2n) is 3.54. The van der Waals surface area contributed by atoms with E-state index in [0.29, 0.717) is 0 Å². The van der Waals surface area contributed by atoms with E-state index in [1.807, 2.05) is 25.2 Å². The van der Waals surface area contributed by atoms with E-state index >= 15 is 0 Å². The highest BCUT2D eigenvalue weighted by molar-refractivity contribution is 9.10. The largest absolute Gasteiger partial charge is 0.354 e. The van der Waals surface area contributed by atoms with Crippen LogP contribution in [0.4, 0.5) is 5.82 Å². The van der Waals surface area contributed by atoms with Crippen molar-refractivity contribution >= 4 is 21.7 Å². The number of nitrogens with zero attached hydrogens (tertiary/aromatic N) is 3. The minimum absolute atomic E-state index is 0.830. The number of anilines is 1. The van der Waals surface area contributed by atoms with E-state index in [1.54, 1.807) is 12.5 Å². The van der Waals surface area contributed by atoms with E-state index in [2.05, 4.69) is 42.9 Å². The Kier molecular flexibility index (Phi) is 3.51. The lowest BCUT2D eigenvalue weighted by molar-refractivity contribution is 0.886. The molecule has 0 fully saturated rings. The lowest BCUT2D eigenvalue weighted by Crippen LogP contribution is -2.18. The van der Waals surface area contributed by atoms with Gasteiger partial charge in [0, 0.05) is 19.8 Å². The molecule has 0 radical (unpaired) electrons. The molecular weight excluding hydrogens is 266 g/mol. The highest BCUT2D eigenvalue weighted by Gasteiger charge is 2.07. The molecule has 1 aromatic heterocycles. The Bertz CT molecular complexity index is 459. The van der Waals surface area contributed by atoms with E-state index < -0.39 is 0 Å². The first-order chi connectivity index (χ1) is 7.77. The van der Waals surface area contributed by atoms with Crippen LogP contribution < -0.4 is 4.90 Å². The fraction of sp³-hybridized carbons (Fsp3) is 0.167. The first-order valence-corrected chi connectivity index (χ1v) is 5.77. The Hall–Kier alpha value is -1.42. The lowest BCUT2D eigenvalue weighted by Gasteiger charge is -2.18. The van der Waals surface area contributed by atoms with Crippen LogP contribution in [-0.4, -0.2) is 17.0 Å². The Balaban J connectivity index is 2.15. The molecule has 3 nitrogen and oxygen atoms in total. The van der Waals surface area contributed by atoms with Gasteiger partial charge in [-0.05, 0) is 21.5 Å². The van der Waals surface area contributed by atoms with Crippen LogP contribution in [0.5, 0.6) is 0 Å². The minimum Gasteiger partial charge on any atom is -0.354 e. The molecular formula is C12H12BrN3. The normalized spacial score (nSPS) is 10.1. The summed E-state index contributed by atoms with van der Waals surface area (Å²) >= 11 is 3.44. The van der Waals surface area contributed by atoms with Crippen LogP contribution in [0.15, 0.2) is 47.3 Å². The van der Waals surface area contributed by atoms with Gasteiger partial charge in [-0.3, -0.25) is 0 Å². The number of rotatable bonds is 3. The number of aromatic nitrogens is 2. The average molecular weight is 278 g/mol. The molecule has 2 rings (SSSR count). The quantitative estimate of drug-likeness (QED) is 0.864. The molecule has 0 saturated carbocycles. The zero-order chi connectivity index (χ0) is 11.4. The molecule has 82 valence electrons. The van der Waals surface area contributed by atoms with Crippen molar-refractivity contribution < 1.29 is 0 Å². The van der Waals surface area contributed by atoms with Crippen LogP contribution in [-0.2, 0) is 6.54 Å². The average Bonchev–Trinajstić information content (AvgIpc) is 2.31. The van der Waals surface area contributed by atoms with E-state index in [-0.39, 0.29) is 0 Å². The van der Waals surface area contributed by atoms with Gasteiger partial charge in [0.15, 0.2) is 0 Å². The molecule has 1 heterocycles. The molecule has 1 aromatic carbocycles. The monoisotopic (exact) mass is 277 g/mol. The van der Waals surface area contributed by atoms with Gasteiger partial charge in [0.2, 0.25) is 0 Å². The zero-order valence-electron chi connectivity index (χ0n) is 8.97. The molecule has 2 aromatic rings. The first-order valence-electron chi connectivity index (χ1n) is 4.98. The summed E-state index contributed by atoms with van der Waals surface area (Å²) in [7, 11) is 2.01. The van der Waals surface area contributed by atoms with Crippen LogP contribution in [0.3, 0.4) is 0 Å². The summed E-state index contributed by atoms with van der Waals surface area (Å²) in [5, 5.41) is 0. The van der Waals surface area contributed by atoms with Gasteiger partial charge in [0.25, 0.3) is 0 Å². The number of halogens is 1. The van der Waals surface area contributed by atoms with E-state index in [9.17, 15) is 0 Å². The van der Waals surface area contributed by atoms with Crippen molar-refractivity contribution in [3.63, 3.8) is 0 Å².